The largest absolute Gasteiger partial charge is 0.462 e. The molecule has 17 nitrogen and oxygen atoms in total. The van der Waals surface area contributed by atoms with E-state index in [0.29, 0.717) is 30.6 Å². The van der Waals surface area contributed by atoms with Crippen molar-refractivity contribution < 1.29 is 81.0 Å². The third-order valence-electron chi connectivity index (χ3n) is 16.7. The Balaban J connectivity index is 0.000000235. The fourth-order valence-electron chi connectivity index (χ4n) is 11.2. The van der Waals surface area contributed by atoms with Crippen LogP contribution in [0.25, 0.3) is 0 Å². The second-order valence-corrected chi connectivity index (χ2v) is 23.1. The van der Waals surface area contributed by atoms with Gasteiger partial charge in [0.15, 0.2) is 33.2 Å². The van der Waals surface area contributed by atoms with E-state index in [1.165, 1.54) is 13.5 Å². The highest BCUT2D eigenvalue weighted by Crippen LogP contribution is 2.60. The van der Waals surface area contributed by atoms with Crippen molar-refractivity contribution in [2.75, 3.05) is 40.3 Å². The number of hydrogen-bond acceptors (Lipinski definition) is 17. The zero-order valence-electron chi connectivity index (χ0n) is 44.9. The van der Waals surface area contributed by atoms with Crippen molar-refractivity contribution in [3.8, 4) is 0 Å². The van der Waals surface area contributed by atoms with Crippen LogP contribution in [-0.2, 0) is 81.0 Å². The first-order valence-electron chi connectivity index (χ1n) is 26.2. The smallest absolute Gasteiger partial charge is 0.344 e. The van der Waals surface area contributed by atoms with Gasteiger partial charge >= 0.3 is 47.8 Å². The van der Waals surface area contributed by atoms with Gasteiger partial charge in [0.1, 0.15) is 17.3 Å². The molecule has 6 bridgehead atoms. The number of carbonyl (C=O) groups excluding carboxylic acids is 8. The summed E-state index contributed by atoms with van der Waals surface area (Å²) in [4.78, 5) is 95.3. The monoisotopic (exact) mass is 1010 g/mol. The Kier molecular flexibility index (Phi) is 21.4. The minimum Gasteiger partial charge on any atom is -0.462 e. The van der Waals surface area contributed by atoms with Gasteiger partial charge in [0, 0.05) is 13.0 Å². The van der Waals surface area contributed by atoms with Crippen LogP contribution >= 0.6 is 0 Å². The van der Waals surface area contributed by atoms with Gasteiger partial charge in [-0.3, -0.25) is 19.2 Å². The van der Waals surface area contributed by atoms with E-state index < -0.39 is 89.7 Å². The van der Waals surface area contributed by atoms with Gasteiger partial charge in [-0.1, -0.05) is 27.7 Å². The van der Waals surface area contributed by atoms with Crippen LogP contribution in [-0.4, -0.2) is 105 Å². The van der Waals surface area contributed by atoms with Crippen molar-refractivity contribution in [2.24, 2.45) is 57.7 Å². The third-order valence-corrected chi connectivity index (χ3v) is 16.7. The number of esters is 8. The molecule has 0 N–H and O–H groups in total. The highest BCUT2D eigenvalue weighted by atomic mass is 16.7. The van der Waals surface area contributed by atoms with Gasteiger partial charge in [-0.2, -0.15) is 0 Å². The standard InChI is InChI=1S/C22H34O6.C16H26O6.C16H26O5/c1-5-21(3,4)20(25)27-12-18(23)26-13-19(24)28-22(6-2)16-8-14-7-15(10-16)11-17(22)9-14;1-5-15(2,3)14(19)21-10-12(17)20-11-13(18)22-16(4)8-6-7-9-16;1-5-16(2,3)15(18)21-13-8-10-6-11(13)12(7-10)14(17)20-9-19-4/h14-17H,5-13H2,1-4H3;5-11H2,1-4H3;10-13H,5-9H2,1-4H3. The zero-order chi connectivity index (χ0) is 53.0. The molecule has 0 aliphatic heterocycles. The normalized spacial score (nSPS) is 27.7. The van der Waals surface area contributed by atoms with E-state index >= 15 is 0 Å². The van der Waals surface area contributed by atoms with Crippen LogP contribution in [0.5, 0.6) is 0 Å². The highest BCUT2D eigenvalue weighted by molar-refractivity contribution is 5.82. The molecule has 4 unspecified atom stereocenters. The average Bonchev–Trinajstić information content (AvgIpc) is 4.08. The average molecular weight is 1010 g/mol. The van der Waals surface area contributed by atoms with E-state index in [1.807, 2.05) is 41.5 Å². The lowest BCUT2D eigenvalue weighted by Gasteiger charge is -2.60. The molecule has 404 valence electrons. The molecule has 7 saturated carbocycles. The van der Waals surface area contributed by atoms with E-state index in [9.17, 15) is 38.4 Å². The lowest BCUT2D eigenvalue weighted by atomic mass is 9.49. The van der Waals surface area contributed by atoms with Crippen molar-refractivity contribution in [1.82, 2.24) is 0 Å². The van der Waals surface area contributed by atoms with E-state index in [2.05, 4.69) is 6.92 Å². The lowest BCUT2D eigenvalue weighted by molar-refractivity contribution is -0.214. The van der Waals surface area contributed by atoms with Crippen molar-refractivity contribution in [2.45, 2.75) is 196 Å². The van der Waals surface area contributed by atoms with Gasteiger partial charge in [-0.15, -0.1) is 0 Å². The quantitative estimate of drug-likeness (QED) is 0.0597. The number of carbonyl (C=O) groups is 8. The lowest BCUT2D eigenvalue weighted by Crippen LogP contribution is -2.59. The molecular formula is C54H86O17. The van der Waals surface area contributed by atoms with Crippen molar-refractivity contribution in [3.63, 3.8) is 0 Å². The molecule has 4 atom stereocenters. The minimum atomic E-state index is -0.756. The topological polar surface area (TPSA) is 220 Å². The third kappa shape index (κ3) is 16.1. The number of methoxy groups -OCH3 is 1. The molecule has 0 spiro atoms. The summed E-state index contributed by atoms with van der Waals surface area (Å²) in [6.07, 6.45) is 15.0. The van der Waals surface area contributed by atoms with Crippen LogP contribution in [0, 0.1) is 57.7 Å². The van der Waals surface area contributed by atoms with Crippen LogP contribution in [0.4, 0.5) is 0 Å². The molecule has 0 aromatic heterocycles. The maximum absolute atomic E-state index is 12.4. The number of rotatable bonds is 21. The first-order chi connectivity index (χ1) is 33.3. The Morgan fingerprint density at radius 3 is 1.38 bits per heavy atom. The predicted octanol–water partition coefficient (Wildman–Crippen LogP) is 8.57. The van der Waals surface area contributed by atoms with Crippen molar-refractivity contribution in [3.05, 3.63) is 0 Å². The van der Waals surface area contributed by atoms with Crippen LogP contribution in [0.2, 0.25) is 0 Å². The van der Waals surface area contributed by atoms with Gasteiger partial charge in [-0.25, -0.2) is 19.2 Å². The van der Waals surface area contributed by atoms with E-state index in [4.69, 9.17) is 42.6 Å². The summed E-state index contributed by atoms with van der Waals surface area (Å²) in [6.45, 7) is 18.6. The van der Waals surface area contributed by atoms with Crippen LogP contribution < -0.4 is 0 Å². The second kappa shape index (κ2) is 25.6. The number of hydrogen-bond donors (Lipinski definition) is 0. The van der Waals surface area contributed by atoms with Crippen molar-refractivity contribution >= 4 is 47.8 Å². The Labute approximate surface area is 421 Å². The summed E-state index contributed by atoms with van der Waals surface area (Å²) in [6, 6.07) is 0. The molecule has 17 heteroatoms. The Bertz CT molecular complexity index is 1830. The first kappa shape index (κ1) is 59.3. The first-order valence-corrected chi connectivity index (χ1v) is 26.2. The van der Waals surface area contributed by atoms with E-state index in [0.717, 1.165) is 95.3 Å². The Morgan fingerprint density at radius 1 is 0.507 bits per heavy atom. The molecule has 7 fully saturated rings. The SMILES string of the molecule is CCC(C)(C)C(=O)OC1CC2CC(C(=O)OCOC)C1C2.CCC(C)(C)C(=O)OCC(=O)OCC(=O)OC1(C)CCCC1.CCC(C)(C)C(=O)OCC(=O)OCC(=O)OC1(CC)C2CC3CC(C2)CC1C3. The summed E-state index contributed by atoms with van der Waals surface area (Å²) >= 11 is 0. The van der Waals surface area contributed by atoms with E-state index in [1.54, 1.807) is 27.7 Å². The molecule has 0 aromatic rings. The van der Waals surface area contributed by atoms with Crippen LogP contribution in [0.1, 0.15) is 179 Å². The van der Waals surface area contributed by atoms with Crippen LogP contribution in [0.15, 0.2) is 0 Å². The molecule has 7 aliphatic rings. The molecule has 7 rings (SSSR count). The fraction of sp³-hybridized carbons (Fsp3) is 0.852. The van der Waals surface area contributed by atoms with Crippen LogP contribution in [0.3, 0.4) is 0 Å². The molecule has 0 amide bonds. The molecule has 0 aromatic carbocycles. The van der Waals surface area contributed by atoms with Gasteiger partial charge in [0.25, 0.3) is 0 Å². The Morgan fingerprint density at radius 2 is 0.944 bits per heavy atom. The van der Waals surface area contributed by atoms with E-state index in [-0.39, 0.29) is 36.7 Å². The number of ether oxygens (including phenoxy) is 9. The molecule has 71 heavy (non-hydrogen) atoms. The molecule has 0 heterocycles. The minimum absolute atomic E-state index is 0.0138. The summed E-state index contributed by atoms with van der Waals surface area (Å²) < 4.78 is 46.5. The molecule has 0 radical (unpaired) electrons. The summed E-state index contributed by atoms with van der Waals surface area (Å²) in [7, 11) is 1.49. The molecule has 0 saturated heterocycles. The highest BCUT2D eigenvalue weighted by Gasteiger charge is 2.59. The maximum atomic E-state index is 12.4. The van der Waals surface area contributed by atoms with Gasteiger partial charge in [-0.05, 0) is 181 Å². The van der Waals surface area contributed by atoms with Crippen molar-refractivity contribution in [1.29, 1.82) is 0 Å². The maximum Gasteiger partial charge on any atom is 0.344 e. The van der Waals surface area contributed by atoms with Gasteiger partial charge < -0.3 is 42.6 Å². The van der Waals surface area contributed by atoms with Gasteiger partial charge in [0.05, 0.1) is 22.2 Å². The second-order valence-electron chi connectivity index (χ2n) is 23.1. The predicted molar refractivity (Wildman–Crippen MR) is 257 cm³/mol. The molecule has 7 aliphatic carbocycles. The zero-order valence-corrected chi connectivity index (χ0v) is 44.9. The number of fused-ring (bicyclic) bond motifs is 2. The summed E-state index contributed by atoms with van der Waals surface area (Å²) in [5.74, 6) is -0.970. The summed E-state index contributed by atoms with van der Waals surface area (Å²) in [5, 5.41) is 0. The fourth-order valence-corrected chi connectivity index (χ4v) is 11.2. The summed E-state index contributed by atoms with van der Waals surface area (Å²) in [5.41, 5.74) is -2.59. The van der Waals surface area contributed by atoms with Gasteiger partial charge in [0.2, 0.25) is 0 Å². The Hall–Kier alpha value is -4.28. The molecular weight excluding hydrogens is 921 g/mol.